The molecule has 8 heteroatoms. The normalized spacial score (nSPS) is 11.5. The number of carbonyl (C=O) groups is 3. The zero-order valence-electron chi connectivity index (χ0n) is 12.3. The lowest BCUT2D eigenvalue weighted by Gasteiger charge is -2.10. The predicted octanol–water partition coefficient (Wildman–Crippen LogP) is 1.99. The number of aliphatic carboxylic acids is 1. The molecule has 0 fully saturated rings. The summed E-state index contributed by atoms with van der Waals surface area (Å²) in [6.07, 6.45) is 0.267. The van der Waals surface area contributed by atoms with Gasteiger partial charge in [0.25, 0.3) is 11.8 Å². The first-order chi connectivity index (χ1) is 11.0. The number of rotatable bonds is 6. The number of hydrogen-bond acceptors (Lipinski definition) is 5. The summed E-state index contributed by atoms with van der Waals surface area (Å²) in [5.74, 6) is -2.02. The van der Waals surface area contributed by atoms with Crippen LogP contribution in [0.4, 0.5) is 5.13 Å². The summed E-state index contributed by atoms with van der Waals surface area (Å²) in [6.45, 7) is 1.66. The van der Waals surface area contributed by atoms with Gasteiger partial charge in [0.1, 0.15) is 11.7 Å². The number of hydrogen-bond donors (Lipinski definition) is 3. The summed E-state index contributed by atoms with van der Waals surface area (Å²) in [5.41, 5.74) is 0.545. The van der Waals surface area contributed by atoms with E-state index in [9.17, 15) is 14.4 Å². The molecule has 0 spiro atoms. The summed E-state index contributed by atoms with van der Waals surface area (Å²) >= 11 is 1.09. The Bertz CT molecular complexity index is 715. The Morgan fingerprint density at radius 2 is 1.91 bits per heavy atom. The van der Waals surface area contributed by atoms with Crippen LogP contribution in [0.3, 0.4) is 0 Å². The van der Waals surface area contributed by atoms with Gasteiger partial charge in [0.2, 0.25) is 0 Å². The van der Waals surface area contributed by atoms with Crippen LogP contribution in [0.2, 0.25) is 0 Å². The highest BCUT2D eigenvalue weighted by Crippen LogP contribution is 2.16. The molecule has 1 aromatic heterocycles. The molecule has 7 nitrogen and oxygen atoms in total. The van der Waals surface area contributed by atoms with Gasteiger partial charge < -0.3 is 10.4 Å². The topological polar surface area (TPSA) is 108 Å². The fraction of sp³-hybridized carbons (Fsp3) is 0.200. The molecule has 2 aromatic rings. The maximum absolute atomic E-state index is 12.0. The van der Waals surface area contributed by atoms with E-state index in [0.29, 0.717) is 5.56 Å². The van der Waals surface area contributed by atoms with Gasteiger partial charge in [-0.3, -0.25) is 14.9 Å². The Morgan fingerprint density at radius 1 is 1.22 bits per heavy atom. The third kappa shape index (κ3) is 4.36. The number of anilines is 1. The fourth-order valence-corrected chi connectivity index (χ4v) is 2.45. The van der Waals surface area contributed by atoms with E-state index >= 15 is 0 Å². The molecule has 0 aliphatic carbocycles. The van der Waals surface area contributed by atoms with Crippen LogP contribution in [0.15, 0.2) is 35.7 Å². The summed E-state index contributed by atoms with van der Waals surface area (Å²) in [7, 11) is 0. The number of aromatic nitrogens is 1. The lowest BCUT2D eigenvalue weighted by Crippen LogP contribution is -2.40. The molecule has 0 bridgehead atoms. The second kappa shape index (κ2) is 7.50. The molecule has 0 aliphatic heterocycles. The molecule has 0 saturated heterocycles. The average Bonchev–Trinajstić information content (AvgIpc) is 3.01. The third-order valence-electron chi connectivity index (χ3n) is 3.00. The van der Waals surface area contributed by atoms with Crippen LogP contribution in [-0.4, -0.2) is 33.9 Å². The number of nitrogens with zero attached hydrogens (tertiary/aromatic N) is 1. The van der Waals surface area contributed by atoms with Crippen LogP contribution in [0, 0.1) is 0 Å². The molecule has 3 N–H and O–H groups in total. The van der Waals surface area contributed by atoms with Crippen molar-refractivity contribution in [3.05, 3.63) is 47.0 Å². The van der Waals surface area contributed by atoms with Crippen LogP contribution >= 0.6 is 11.3 Å². The van der Waals surface area contributed by atoms with Gasteiger partial charge in [0.05, 0.1) is 0 Å². The van der Waals surface area contributed by atoms with Crippen LogP contribution in [-0.2, 0) is 4.79 Å². The molecule has 23 heavy (non-hydrogen) atoms. The first-order valence-electron chi connectivity index (χ1n) is 6.87. The number of carboxylic acid groups (broad SMARTS) is 1. The first kappa shape index (κ1) is 16.6. The van der Waals surface area contributed by atoms with E-state index in [1.807, 2.05) is 0 Å². The Labute approximate surface area is 136 Å². The Morgan fingerprint density at radius 3 is 2.52 bits per heavy atom. The quantitative estimate of drug-likeness (QED) is 0.749. The SMILES string of the molecule is CCC(NC(=O)c1csc(NC(=O)c2ccccc2)n1)C(=O)O. The van der Waals surface area contributed by atoms with Gasteiger partial charge in [0, 0.05) is 10.9 Å². The average molecular weight is 333 g/mol. The highest BCUT2D eigenvalue weighted by molar-refractivity contribution is 7.14. The number of thiazole rings is 1. The molecular formula is C15H15N3O4S. The third-order valence-corrected chi connectivity index (χ3v) is 3.76. The van der Waals surface area contributed by atoms with Gasteiger partial charge >= 0.3 is 5.97 Å². The van der Waals surface area contributed by atoms with E-state index in [4.69, 9.17) is 5.11 Å². The van der Waals surface area contributed by atoms with E-state index in [0.717, 1.165) is 11.3 Å². The minimum absolute atomic E-state index is 0.0676. The van der Waals surface area contributed by atoms with Crippen molar-refractivity contribution in [2.75, 3.05) is 5.32 Å². The molecule has 0 radical (unpaired) electrons. The molecule has 1 heterocycles. The Balaban J connectivity index is 2.01. The van der Waals surface area contributed by atoms with Crippen molar-refractivity contribution < 1.29 is 19.5 Å². The number of carboxylic acids is 1. The van der Waals surface area contributed by atoms with Crippen molar-refractivity contribution in [2.24, 2.45) is 0 Å². The summed E-state index contributed by atoms with van der Waals surface area (Å²) in [6, 6.07) is 7.64. The molecule has 2 rings (SSSR count). The lowest BCUT2D eigenvalue weighted by atomic mass is 10.2. The molecule has 1 aromatic carbocycles. The van der Waals surface area contributed by atoms with Gasteiger partial charge in [-0.2, -0.15) is 0 Å². The second-order valence-electron chi connectivity index (χ2n) is 4.63. The van der Waals surface area contributed by atoms with Crippen molar-refractivity contribution in [1.29, 1.82) is 0 Å². The minimum Gasteiger partial charge on any atom is -0.480 e. The van der Waals surface area contributed by atoms with Crippen LogP contribution in [0.1, 0.15) is 34.2 Å². The van der Waals surface area contributed by atoms with Crippen molar-refractivity contribution in [3.63, 3.8) is 0 Å². The van der Waals surface area contributed by atoms with Crippen molar-refractivity contribution in [3.8, 4) is 0 Å². The molecule has 1 unspecified atom stereocenters. The van der Waals surface area contributed by atoms with Gasteiger partial charge in [-0.1, -0.05) is 25.1 Å². The standard InChI is InChI=1S/C15H15N3O4S/c1-2-10(14(21)22)16-13(20)11-8-23-15(17-11)18-12(19)9-6-4-3-5-7-9/h3-8,10H,2H2,1H3,(H,16,20)(H,21,22)(H,17,18,19). The largest absolute Gasteiger partial charge is 0.480 e. The second-order valence-corrected chi connectivity index (χ2v) is 5.49. The van der Waals surface area contributed by atoms with Crippen LogP contribution in [0.25, 0.3) is 0 Å². The zero-order chi connectivity index (χ0) is 16.8. The number of benzene rings is 1. The maximum Gasteiger partial charge on any atom is 0.326 e. The van der Waals surface area contributed by atoms with E-state index in [-0.39, 0.29) is 23.2 Å². The molecular weight excluding hydrogens is 318 g/mol. The number of amides is 2. The van der Waals surface area contributed by atoms with Crippen LogP contribution in [0.5, 0.6) is 0 Å². The summed E-state index contributed by atoms with van der Waals surface area (Å²) < 4.78 is 0. The highest BCUT2D eigenvalue weighted by atomic mass is 32.1. The molecule has 0 saturated carbocycles. The van der Waals surface area contributed by atoms with Gasteiger partial charge in [-0.15, -0.1) is 11.3 Å². The zero-order valence-corrected chi connectivity index (χ0v) is 13.1. The molecule has 0 aliphatic rings. The van der Waals surface area contributed by atoms with E-state index < -0.39 is 17.9 Å². The Kier molecular flexibility index (Phi) is 5.42. The van der Waals surface area contributed by atoms with Crippen molar-refractivity contribution >= 4 is 34.3 Å². The number of carbonyl (C=O) groups excluding carboxylic acids is 2. The summed E-state index contributed by atoms with van der Waals surface area (Å²) in [4.78, 5) is 38.8. The minimum atomic E-state index is -1.10. The first-order valence-corrected chi connectivity index (χ1v) is 7.74. The van der Waals surface area contributed by atoms with Gasteiger partial charge in [0.15, 0.2) is 5.13 Å². The highest BCUT2D eigenvalue weighted by Gasteiger charge is 2.20. The smallest absolute Gasteiger partial charge is 0.326 e. The van der Waals surface area contributed by atoms with Crippen molar-refractivity contribution in [1.82, 2.24) is 10.3 Å². The van der Waals surface area contributed by atoms with E-state index in [2.05, 4.69) is 15.6 Å². The van der Waals surface area contributed by atoms with Crippen LogP contribution < -0.4 is 10.6 Å². The predicted molar refractivity (Wildman–Crippen MR) is 85.7 cm³/mol. The number of nitrogens with one attached hydrogen (secondary N) is 2. The van der Waals surface area contributed by atoms with Gasteiger partial charge in [-0.25, -0.2) is 9.78 Å². The molecule has 2 amide bonds. The lowest BCUT2D eigenvalue weighted by molar-refractivity contribution is -0.139. The Hall–Kier alpha value is -2.74. The van der Waals surface area contributed by atoms with Crippen molar-refractivity contribution in [2.45, 2.75) is 19.4 Å². The fourth-order valence-electron chi connectivity index (χ4n) is 1.76. The summed E-state index contributed by atoms with van der Waals surface area (Å²) in [5, 5.41) is 15.6. The monoisotopic (exact) mass is 333 g/mol. The van der Waals surface area contributed by atoms with E-state index in [1.54, 1.807) is 37.3 Å². The van der Waals surface area contributed by atoms with Gasteiger partial charge in [-0.05, 0) is 18.6 Å². The maximum atomic E-state index is 12.0. The van der Waals surface area contributed by atoms with E-state index in [1.165, 1.54) is 5.38 Å². The molecule has 1 atom stereocenters. The molecule has 120 valence electrons.